The van der Waals surface area contributed by atoms with E-state index in [1.165, 1.54) is 16.4 Å². The van der Waals surface area contributed by atoms with Gasteiger partial charge < -0.3 is 20.6 Å². The molecular formula is C25H38N5O4+. The fraction of sp³-hybridized carbons (Fsp3) is 0.560. The second kappa shape index (κ2) is 10.0. The zero-order chi connectivity index (χ0) is 25.2. The van der Waals surface area contributed by atoms with Crippen molar-refractivity contribution >= 4 is 23.4 Å². The average molecular weight is 473 g/mol. The molecule has 1 aromatic carbocycles. The lowest BCUT2D eigenvalue weighted by atomic mass is 9.87. The highest BCUT2D eigenvalue weighted by molar-refractivity contribution is 6.06. The van der Waals surface area contributed by atoms with Gasteiger partial charge in [0.25, 0.3) is 5.91 Å². The van der Waals surface area contributed by atoms with E-state index in [4.69, 9.17) is 0 Å². The predicted molar refractivity (Wildman–Crippen MR) is 129 cm³/mol. The molecule has 3 amide bonds. The van der Waals surface area contributed by atoms with Gasteiger partial charge in [-0.25, -0.2) is 4.79 Å². The molecule has 0 saturated heterocycles. The normalized spacial score (nSPS) is 18.7. The minimum absolute atomic E-state index is 0.0289. The van der Waals surface area contributed by atoms with Crippen molar-refractivity contribution in [1.82, 2.24) is 15.2 Å². The van der Waals surface area contributed by atoms with Crippen molar-refractivity contribution in [2.24, 2.45) is 5.41 Å². The maximum atomic E-state index is 13.7. The fourth-order valence-electron chi connectivity index (χ4n) is 4.12. The first-order valence-corrected chi connectivity index (χ1v) is 11.9. The lowest BCUT2D eigenvalue weighted by Gasteiger charge is -2.36. The standard InChI is InChI=1S/C25H37N5O4/c1-15(25(2,3)4)26-19-20(24(34)30(28-22(19)32)16-11-8-7-9-12-16)27-18-14-10-13-17(21(18)31)23(33)29(5)6/h10,13-16,26-27,31H,7-9,11-12H2,1-6H3,(H,28,32)/p+1/t15-/m0/s1. The lowest BCUT2D eigenvalue weighted by Crippen LogP contribution is -3.01. The number of anilines is 1. The van der Waals surface area contributed by atoms with Crippen LogP contribution < -0.4 is 16.1 Å². The minimum atomic E-state index is -0.363. The molecule has 5 N–H and O–H groups in total. The molecule has 1 aromatic rings. The first-order chi connectivity index (χ1) is 15.9. The highest BCUT2D eigenvalue weighted by Crippen LogP contribution is 2.31. The van der Waals surface area contributed by atoms with Crippen LogP contribution in [0.3, 0.4) is 0 Å². The number of primary amides is 1. The second-order valence-corrected chi connectivity index (χ2v) is 10.5. The number of hydrogen-bond acceptors (Lipinski definition) is 6. The molecule has 9 heteroatoms. The van der Waals surface area contributed by atoms with Crippen molar-refractivity contribution in [1.29, 1.82) is 0 Å². The van der Waals surface area contributed by atoms with Gasteiger partial charge in [0, 0.05) is 20.1 Å². The summed E-state index contributed by atoms with van der Waals surface area (Å²) in [5, 5.41) is 18.6. The van der Waals surface area contributed by atoms with Crippen LogP contribution in [0.25, 0.3) is 0 Å². The van der Waals surface area contributed by atoms with Gasteiger partial charge in [0.2, 0.25) is 0 Å². The number of amides is 3. The van der Waals surface area contributed by atoms with Gasteiger partial charge in [-0.3, -0.25) is 9.59 Å². The molecule has 1 aliphatic carbocycles. The van der Waals surface area contributed by atoms with Crippen molar-refractivity contribution in [2.45, 2.75) is 71.9 Å². The number of benzene rings is 1. The number of phenols is 1. The summed E-state index contributed by atoms with van der Waals surface area (Å²) in [6.45, 7) is 8.11. The Morgan fingerprint density at radius 1 is 1.15 bits per heavy atom. The number of carbonyl (C=O) groups excluding carboxylic acids is 3. The first kappa shape index (κ1) is 25.6. The maximum absolute atomic E-state index is 13.7. The van der Waals surface area contributed by atoms with Crippen LogP contribution in [0.15, 0.2) is 29.6 Å². The van der Waals surface area contributed by atoms with Crippen molar-refractivity contribution in [2.75, 3.05) is 19.4 Å². The summed E-state index contributed by atoms with van der Waals surface area (Å²) in [4.78, 5) is 40.8. The van der Waals surface area contributed by atoms with Crippen LogP contribution in [-0.4, -0.2) is 58.9 Å². The monoisotopic (exact) mass is 472 g/mol. The second-order valence-electron chi connectivity index (χ2n) is 10.5. The van der Waals surface area contributed by atoms with Gasteiger partial charge in [0.1, 0.15) is 5.70 Å². The van der Waals surface area contributed by atoms with Gasteiger partial charge in [-0.2, -0.15) is 10.4 Å². The summed E-state index contributed by atoms with van der Waals surface area (Å²) in [6.07, 6.45) is 4.86. The Balaban J connectivity index is 2.04. The van der Waals surface area contributed by atoms with Gasteiger partial charge in [-0.05, 0) is 37.3 Å². The van der Waals surface area contributed by atoms with Gasteiger partial charge in [-0.15, -0.1) is 0 Å². The topological polar surface area (TPSA) is 119 Å². The molecule has 2 aliphatic rings. The van der Waals surface area contributed by atoms with Crippen molar-refractivity contribution in [3.8, 4) is 5.75 Å². The molecule has 1 saturated carbocycles. The van der Waals surface area contributed by atoms with E-state index in [0.29, 0.717) is 0 Å². The quantitative estimate of drug-likeness (QED) is 0.285. The molecule has 9 nitrogen and oxygen atoms in total. The molecule has 0 radical (unpaired) electrons. The van der Waals surface area contributed by atoms with Gasteiger partial charge >= 0.3 is 11.8 Å². The molecule has 34 heavy (non-hydrogen) atoms. The maximum Gasteiger partial charge on any atom is 0.385 e. The van der Waals surface area contributed by atoms with Crippen LogP contribution in [0, 0.1) is 5.41 Å². The Labute approximate surface area is 201 Å². The number of rotatable bonds is 6. The zero-order valence-electron chi connectivity index (χ0n) is 21.1. The average Bonchev–Trinajstić information content (AvgIpc) is 2.78. The molecule has 1 heterocycles. The fourth-order valence-corrected chi connectivity index (χ4v) is 4.12. The van der Waals surface area contributed by atoms with Crippen LogP contribution in [0.2, 0.25) is 0 Å². The summed E-state index contributed by atoms with van der Waals surface area (Å²) in [6, 6.07) is 4.60. The molecule has 1 fully saturated rings. The summed E-state index contributed by atoms with van der Waals surface area (Å²) in [5.74, 6) is -1.24. The number of phenolic OH excluding ortho intramolecular Hbond substituents is 1. The van der Waals surface area contributed by atoms with E-state index in [1.807, 2.05) is 27.7 Å². The number of para-hydroxylation sites is 1. The van der Waals surface area contributed by atoms with E-state index in [2.05, 4.69) is 10.6 Å². The lowest BCUT2D eigenvalue weighted by molar-refractivity contribution is -0.716. The Morgan fingerprint density at radius 2 is 1.79 bits per heavy atom. The third kappa shape index (κ3) is 5.35. The largest absolute Gasteiger partial charge is 0.505 e. The molecule has 0 spiro atoms. The SMILES string of the molecule is C[C@H](NC1=C(Nc2cccc(C(=O)N(C)C)c2O)C(=O)N(C2CCCCC2)[NH2+]C1=O)C(C)(C)C. The third-order valence-electron chi connectivity index (χ3n) is 6.76. The molecule has 3 rings (SSSR count). The summed E-state index contributed by atoms with van der Waals surface area (Å²) < 4.78 is 0. The van der Waals surface area contributed by atoms with E-state index in [0.717, 1.165) is 32.1 Å². The number of carbonyl (C=O) groups is 3. The van der Waals surface area contributed by atoms with Crippen molar-refractivity contribution in [3.63, 3.8) is 0 Å². The number of nitrogens with two attached hydrogens (primary N) is 1. The summed E-state index contributed by atoms with van der Waals surface area (Å²) >= 11 is 0. The molecule has 0 aromatic heterocycles. The molecular weight excluding hydrogens is 434 g/mol. The molecule has 1 atom stereocenters. The smallest absolute Gasteiger partial charge is 0.385 e. The Kier molecular flexibility index (Phi) is 7.55. The van der Waals surface area contributed by atoms with Crippen molar-refractivity contribution < 1.29 is 24.9 Å². The van der Waals surface area contributed by atoms with Crippen LogP contribution in [0.5, 0.6) is 5.75 Å². The Hall–Kier alpha value is -3.07. The molecule has 186 valence electrons. The zero-order valence-corrected chi connectivity index (χ0v) is 21.1. The van der Waals surface area contributed by atoms with Crippen LogP contribution in [0.1, 0.15) is 70.2 Å². The Morgan fingerprint density at radius 3 is 2.38 bits per heavy atom. The first-order valence-electron chi connectivity index (χ1n) is 11.9. The van der Waals surface area contributed by atoms with Gasteiger partial charge in [-0.1, -0.05) is 46.1 Å². The summed E-state index contributed by atoms with van der Waals surface area (Å²) in [7, 11) is 3.20. The number of nitrogens with one attached hydrogen (secondary N) is 2. The van der Waals surface area contributed by atoms with Crippen LogP contribution >= 0.6 is 0 Å². The van der Waals surface area contributed by atoms with Crippen LogP contribution in [0.4, 0.5) is 5.69 Å². The van der Waals surface area contributed by atoms with E-state index >= 15 is 0 Å². The van der Waals surface area contributed by atoms with Gasteiger partial charge in [0.15, 0.2) is 11.4 Å². The number of aromatic hydroxyl groups is 1. The van der Waals surface area contributed by atoms with Crippen molar-refractivity contribution in [3.05, 3.63) is 35.2 Å². The van der Waals surface area contributed by atoms with E-state index in [9.17, 15) is 19.5 Å². The molecule has 0 bridgehead atoms. The predicted octanol–water partition coefficient (Wildman–Crippen LogP) is 1.92. The highest BCUT2D eigenvalue weighted by atomic mass is 16.3. The van der Waals surface area contributed by atoms with E-state index < -0.39 is 0 Å². The number of hydrogen-bond donors (Lipinski definition) is 4. The minimum Gasteiger partial charge on any atom is -0.505 e. The molecule has 0 unspecified atom stereocenters. The number of quaternary nitrogens is 1. The van der Waals surface area contributed by atoms with E-state index in [-0.39, 0.29) is 63.6 Å². The van der Waals surface area contributed by atoms with E-state index in [1.54, 1.807) is 31.2 Å². The molecule has 1 aliphatic heterocycles. The van der Waals surface area contributed by atoms with Crippen LogP contribution in [-0.2, 0) is 9.59 Å². The van der Waals surface area contributed by atoms with Gasteiger partial charge in [0.05, 0.1) is 17.3 Å². The highest BCUT2D eigenvalue weighted by Gasteiger charge is 2.42. The third-order valence-corrected chi connectivity index (χ3v) is 6.76. The number of nitrogens with zero attached hydrogens (tertiary/aromatic N) is 2. The summed E-state index contributed by atoms with van der Waals surface area (Å²) in [5.41, 5.74) is 1.80. The Bertz CT molecular complexity index is 990.